The van der Waals surface area contributed by atoms with Crippen molar-refractivity contribution in [1.29, 1.82) is 5.26 Å². The summed E-state index contributed by atoms with van der Waals surface area (Å²) in [5.41, 5.74) is 1.24. The van der Waals surface area contributed by atoms with Crippen molar-refractivity contribution in [1.82, 2.24) is 0 Å². The first-order valence-corrected chi connectivity index (χ1v) is 6.41. The molecule has 1 unspecified atom stereocenters. The van der Waals surface area contributed by atoms with Crippen molar-refractivity contribution in [3.05, 3.63) is 29.8 Å². The molecule has 4 nitrogen and oxygen atoms in total. The second kappa shape index (κ2) is 5.02. The zero-order valence-corrected chi connectivity index (χ0v) is 11.3. The van der Waals surface area contributed by atoms with E-state index in [9.17, 15) is 4.79 Å². The van der Waals surface area contributed by atoms with Gasteiger partial charge in [-0.05, 0) is 31.5 Å². The topological polar surface area (TPSA) is 64.3 Å². The summed E-state index contributed by atoms with van der Waals surface area (Å²) in [6.45, 7) is 4.34. The monoisotopic (exact) mass is 258 g/mol. The van der Waals surface area contributed by atoms with Gasteiger partial charge in [0.25, 0.3) is 0 Å². The summed E-state index contributed by atoms with van der Waals surface area (Å²) < 4.78 is 0. The van der Waals surface area contributed by atoms with Gasteiger partial charge in [0, 0.05) is 31.2 Å². The van der Waals surface area contributed by atoms with Crippen LogP contribution >= 0.6 is 0 Å². The third-order valence-corrected chi connectivity index (χ3v) is 3.64. The molecule has 4 heteroatoms. The summed E-state index contributed by atoms with van der Waals surface area (Å²) in [5.74, 6) is 0.0778. The Hall–Kier alpha value is -1.86. The minimum Gasteiger partial charge on any atom is -0.396 e. The molecule has 1 heterocycles. The van der Waals surface area contributed by atoms with E-state index in [0.29, 0.717) is 13.0 Å². The molecule has 1 saturated heterocycles. The van der Waals surface area contributed by atoms with Crippen molar-refractivity contribution in [2.75, 3.05) is 18.1 Å². The van der Waals surface area contributed by atoms with Gasteiger partial charge in [-0.15, -0.1) is 0 Å². The van der Waals surface area contributed by atoms with Crippen LogP contribution in [0.5, 0.6) is 0 Å². The number of nitrogens with zero attached hydrogens (tertiary/aromatic N) is 2. The molecule has 0 bridgehead atoms. The highest BCUT2D eigenvalue weighted by Gasteiger charge is 2.30. The third-order valence-electron chi connectivity index (χ3n) is 3.64. The zero-order valence-electron chi connectivity index (χ0n) is 11.3. The maximum absolute atomic E-state index is 11.8. The standard InChI is InChI=1S/C15H18N2O2/c1-15(2,10-16)12-3-5-13(6-4-12)17-8-11(9-18)7-14(17)19/h3-6,11,18H,7-9H2,1-2H3. The molecule has 1 atom stereocenters. The van der Waals surface area contributed by atoms with E-state index < -0.39 is 5.41 Å². The second-order valence-electron chi connectivity index (χ2n) is 5.54. The SMILES string of the molecule is CC(C)(C#N)c1ccc(N2CC(CO)CC2=O)cc1. The summed E-state index contributed by atoms with van der Waals surface area (Å²) in [6, 6.07) is 9.77. The van der Waals surface area contributed by atoms with E-state index in [1.807, 2.05) is 38.1 Å². The van der Waals surface area contributed by atoms with Crippen LogP contribution in [0.4, 0.5) is 5.69 Å². The molecule has 19 heavy (non-hydrogen) atoms. The number of rotatable bonds is 3. The van der Waals surface area contributed by atoms with Crippen molar-refractivity contribution in [2.24, 2.45) is 5.92 Å². The largest absolute Gasteiger partial charge is 0.396 e. The fraction of sp³-hybridized carbons (Fsp3) is 0.467. The van der Waals surface area contributed by atoms with Crippen molar-refractivity contribution >= 4 is 11.6 Å². The molecule has 100 valence electrons. The number of amides is 1. The lowest BCUT2D eigenvalue weighted by Crippen LogP contribution is -2.25. The molecular formula is C15H18N2O2. The summed E-state index contributed by atoms with van der Waals surface area (Å²) in [4.78, 5) is 13.5. The first-order valence-electron chi connectivity index (χ1n) is 6.41. The maximum Gasteiger partial charge on any atom is 0.227 e. The lowest BCUT2D eigenvalue weighted by atomic mass is 9.86. The van der Waals surface area contributed by atoms with Crippen LogP contribution in [0.25, 0.3) is 0 Å². The van der Waals surface area contributed by atoms with Crippen LogP contribution in [-0.4, -0.2) is 24.2 Å². The average Bonchev–Trinajstić information content (AvgIpc) is 2.80. The van der Waals surface area contributed by atoms with Gasteiger partial charge in [-0.25, -0.2) is 0 Å². The number of carbonyl (C=O) groups excluding carboxylic acids is 1. The molecule has 2 rings (SSSR count). The highest BCUT2D eigenvalue weighted by Crippen LogP contribution is 2.28. The highest BCUT2D eigenvalue weighted by atomic mass is 16.3. The van der Waals surface area contributed by atoms with Crippen molar-refractivity contribution < 1.29 is 9.90 Å². The normalized spacial score (nSPS) is 19.6. The highest BCUT2D eigenvalue weighted by molar-refractivity contribution is 5.95. The average molecular weight is 258 g/mol. The first-order chi connectivity index (χ1) is 8.97. The van der Waals surface area contributed by atoms with Gasteiger partial charge in [0.2, 0.25) is 5.91 Å². The fourth-order valence-corrected chi connectivity index (χ4v) is 2.28. The Kier molecular flexibility index (Phi) is 3.59. The van der Waals surface area contributed by atoms with Crippen LogP contribution in [0.15, 0.2) is 24.3 Å². The van der Waals surface area contributed by atoms with Gasteiger partial charge in [-0.1, -0.05) is 12.1 Å². The van der Waals surface area contributed by atoms with Crippen LogP contribution in [0.3, 0.4) is 0 Å². The smallest absolute Gasteiger partial charge is 0.227 e. The summed E-state index contributed by atoms with van der Waals surface area (Å²) in [7, 11) is 0. The first kappa shape index (κ1) is 13.6. The Morgan fingerprint density at radius 1 is 1.42 bits per heavy atom. The fourth-order valence-electron chi connectivity index (χ4n) is 2.28. The Balaban J connectivity index is 2.20. The molecule has 0 aromatic heterocycles. The van der Waals surface area contributed by atoms with Crippen LogP contribution < -0.4 is 4.90 Å². The van der Waals surface area contributed by atoms with Gasteiger partial charge >= 0.3 is 0 Å². The number of hydrogen-bond acceptors (Lipinski definition) is 3. The van der Waals surface area contributed by atoms with Crippen LogP contribution in [-0.2, 0) is 10.2 Å². The van der Waals surface area contributed by atoms with Crippen LogP contribution in [0.2, 0.25) is 0 Å². The molecular weight excluding hydrogens is 240 g/mol. The van der Waals surface area contributed by atoms with Crippen LogP contribution in [0.1, 0.15) is 25.8 Å². The Labute approximate surface area is 113 Å². The Bertz CT molecular complexity index is 514. The number of aliphatic hydroxyl groups excluding tert-OH is 1. The zero-order chi connectivity index (χ0) is 14.0. The van der Waals surface area contributed by atoms with Gasteiger partial charge < -0.3 is 10.0 Å². The van der Waals surface area contributed by atoms with Gasteiger partial charge in [0.05, 0.1) is 11.5 Å². The summed E-state index contributed by atoms with van der Waals surface area (Å²) >= 11 is 0. The Morgan fingerprint density at radius 3 is 2.53 bits per heavy atom. The maximum atomic E-state index is 11.8. The molecule has 1 aromatic carbocycles. The number of hydrogen-bond donors (Lipinski definition) is 1. The minimum atomic E-state index is -0.527. The predicted molar refractivity (Wildman–Crippen MR) is 72.6 cm³/mol. The predicted octanol–water partition coefficient (Wildman–Crippen LogP) is 1.83. The number of benzene rings is 1. The van der Waals surface area contributed by atoms with E-state index in [-0.39, 0.29) is 18.4 Å². The lowest BCUT2D eigenvalue weighted by molar-refractivity contribution is -0.117. The molecule has 1 aliphatic rings. The van der Waals surface area contributed by atoms with Crippen molar-refractivity contribution in [3.63, 3.8) is 0 Å². The molecule has 0 saturated carbocycles. The van der Waals surface area contributed by atoms with Crippen molar-refractivity contribution in [3.8, 4) is 6.07 Å². The van der Waals surface area contributed by atoms with Gasteiger partial charge in [0.15, 0.2) is 0 Å². The van der Waals surface area contributed by atoms with Gasteiger partial charge in [-0.3, -0.25) is 4.79 Å². The number of nitriles is 1. The van der Waals surface area contributed by atoms with E-state index in [1.54, 1.807) is 4.90 Å². The van der Waals surface area contributed by atoms with E-state index in [4.69, 9.17) is 10.4 Å². The molecule has 1 fully saturated rings. The summed E-state index contributed by atoms with van der Waals surface area (Å²) in [6.07, 6.45) is 0.405. The second-order valence-corrected chi connectivity index (χ2v) is 5.54. The molecule has 0 spiro atoms. The van der Waals surface area contributed by atoms with E-state index in [2.05, 4.69) is 6.07 Å². The van der Waals surface area contributed by atoms with E-state index in [0.717, 1.165) is 11.3 Å². The van der Waals surface area contributed by atoms with Gasteiger partial charge in [-0.2, -0.15) is 5.26 Å². The molecule has 0 radical (unpaired) electrons. The number of anilines is 1. The molecule has 0 aliphatic carbocycles. The van der Waals surface area contributed by atoms with Gasteiger partial charge in [0.1, 0.15) is 0 Å². The number of aliphatic hydroxyl groups is 1. The summed E-state index contributed by atoms with van der Waals surface area (Å²) in [5, 5.41) is 18.2. The number of carbonyl (C=O) groups is 1. The molecule has 1 N–H and O–H groups in total. The van der Waals surface area contributed by atoms with Crippen LogP contribution in [0, 0.1) is 17.2 Å². The van der Waals surface area contributed by atoms with E-state index >= 15 is 0 Å². The molecule has 1 aliphatic heterocycles. The quantitative estimate of drug-likeness (QED) is 0.899. The minimum absolute atomic E-state index is 0.0303. The lowest BCUT2D eigenvalue weighted by Gasteiger charge is -2.20. The Morgan fingerprint density at radius 2 is 2.05 bits per heavy atom. The van der Waals surface area contributed by atoms with Crippen molar-refractivity contribution in [2.45, 2.75) is 25.7 Å². The third kappa shape index (κ3) is 2.61. The molecule has 1 amide bonds. The van der Waals surface area contributed by atoms with E-state index in [1.165, 1.54) is 0 Å². The molecule has 1 aromatic rings.